The summed E-state index contributed by atoms with van der Waals surface area (Å²) in [6.07, 6.45) is 1.60. The maximum Gasteiger partial charge on any atom is 0.230 e. The number of carbonyl (C=O) groups is 1. The maximum absolute atomic E-state index is 12.1. The van der Waals surface area contributed by atoms with Crippen LogP contribution in [0.5, 0.6) is 0 Å². The predicted molar refractivity (Wildman–Crippen MR) is 82.9 cm³/mol. The molecule has 1 aromatic rings. The lowest BCUT2D eigenvalue weighted by molar-refractivity contribution is -0.123. The van der Waals surface area contributed by atoms with Crippen molar-refractivity contribution in [2.45, 2.75) is 26.7 Å². The summed E-state index contributed by atoms with van der Waals surface area (Å²) >= 11 is 5.02. The molecule has 19 heavy (non-hydrogen) atoms. The van der Waals surface area contributed by atoms with Gasteiger partial charge in [0, 0.05) is 6.54 Å². The molecule has 0 heterocycles. The molecular weight excluding hydrogens is 256 g/mol. The lowest BCUT2D eigenvalue weighted by atomic mass is 9.98. The van der Waals surface area contributed by atoms with E-state index in [0.717, 1.165) is 12.0 Å². The Kier molecular flexibility index (Phi) is 6.50. The van der Waals surface area contributed by atoms with Crippen molar-refractivity contribution in [3.05, 3.63) is 35.9 Å². The molecule has 2 atom stereocenters. The van der Waals surface area contributed by atoms with Gasteiger partial charge in [0.25, 0.3) is 0 Å². The van der Waals surface area contributed by atoms with Gasteiger partial charge in [-0.25, -0.2) is 0 Å². The van der Waals surface area contributed by atoms with E-state index in [9.17, 15) is 4.79 Å². The third-order valence-electron chi connectivity index (χ3n) is 3.26. The van der Waals surface area contributed by atoms with E-state index in [1.165, 1.54) is 0 Å². The fraction of sp³-hybridized carbons (Fsp3) is 0.467. The van der Waals surface area contributed by atoms with Crippen LogP contribution in [0.2, 0.25) is 0 Å². The number of nitrogens with two attached hydrogens (primary N) is 1. The van der Waals surface area contributed by atoms with E-state index in [1.54, 1.807) is 0 Å². The summed E-state index contributed by atoms with van der Waals surface area (Å²) in [6, 6.07) is 9.80. The van der Waals surface area contributed by atoms with Gasteiger partial charge in [-0.2, -0.15) is 0 Å². The van der Waals surface area contributed by atoms with E-state index in [-0.39, 0.29) is 10.9 Å². The van der Waals surface area contributed by atoms with Crippen molar-refractivity contribution in [1.82, 2.24) is 5.32 Å². The first-order valence-corrected chi connectivity index (χ1v) is 7.06. The Bertz CT molecular complexity index is 419. The second-order valence-corrected chi connectivity index (χ2v) is 5.37. The Morgan fingerprint density at radius 1 is 1.37 bits per heavy atom. The van der Waals surface area contributed by atoms with Crippen LogP contribution in [0.1, 0.15) is 25.8 Å². The van der Waals surface area contributed by atoms with Crippen molar-refractivity contribution < 1.29 is 4.79 Å². The summed E-state index contributed by atoms with van der Waals surface area (Å²) in [5.74, 6) is -0.0363. The van der Waals surface area contributed by atoms with E-state index < -0.39 is 5.92 Å². The summed E-state index contributed by atoms with van der Waals surface area (Å²) in [4.78, 5) is 12.4. The van der Waals surface area contributed by atoms with Gasteiger partial charge in [0.15, 0.2) is 0 Å². The zero-order valence-corrected chi connectivity index (χ0v) is 12.4. The smallest absolute Gasteiger partial charge is 0.230 e. The lowest BCUT2D eigenvalue weighted by Gasteiger charge is -2.17. The number of carbonyl (C=O) groups excluding carboxylic acids is 1. The molecule has 0 spiro atoms. The van der Waals surface area contributed by atoms with Crippen LogP contribution in [-0.2, 0) is 11.2 Å². The van der Waals surface area contributed by atoms with Crippen LogP contribution in [0.3, 0.4) is 0 Å². The highest BCUT2D eigenvalue weighted by molar-refractivity contribution is 7.80. The van der Waals surface area contributed by atoms with Crippen LogP contribution in [0, 0.1) is 11.8 Å². The van der Waals surface area contributed by atoms with E-state index in [0.29, 0.717) is 18.9 Å². The molecule has 0 aromatic heterocycles. The molecule has 104 valence electrons. The topological polar surface area (TPSA) is 55.1 Å². The van der Waals surface area contributed by atoms with Crippen LogP contribution < -0.4 is 11.1 Å². The normalized spacial score (nSPS) is 13.6. The highest BCUT2D eigenvalue weighted by Gasteiger charge is 2.21. The molecule has 3 nitrogen and oxygen atoms in total. The minimum atomic E-state index is -0.429. The van der Waals surface area contributed by atoms with Crippen LogP contribution >= 0.6 is 12.2 Å². The van der Waals surface area contributed by atoms with Crippen LogP contribution in [-0.4, -0.2) is 17.4 Å². The van der Waals surface area contributed by atoms with Gasteiger partial charge >= 0.3 is 0 Å². The van der Waals surface area contributed by atoms with Gasteiger partial charge in [0.05, 0.1) is 10.9 Å². The Hall–Kier alpha value is -1.42. The van der Waals surface area contributed by atoms with Gasteiger partial charge in [-0.15, -0.1) is 0 Å². The second-order valence-electron chi connectivity index (χ2n) is 4.90. The van der Waals surface area contributed by atoms with Gasteiger partial charge in [0.1, 0.15) is 0 Å². The predicted octanol–water partition coefficient (Wildman–Crippen LogP) is 2.29. The summed E-state index contributed by atoms with van der Waals surface area (Å²) in [6.45, 7) is 4.88. The summed E-state index contributed by atoms with van der Waals surface area (Å²) in [5, 5.41) is 2.93. The van der Waals surface area contributed by atoms with Gasteiger partial charge in [-0.05, 0) is 17.9 Å². The molecule has 3 N–H and O–H groups in total. The molecule has 0 bridgehead atoms. The van der Waals surface area contributed by atoms with E-state index in [4.69, 9.17) is 18.0 Å². The Morgan fingerprint density at radius 3 is 2.53 bits per heavy atom. The fourth-order valence-electron chi connectivity index (χ4n) is 1.71. The third-order valence-corrected chi connectivity index (χ3v) is 3.55. The molecule has 1 amide bonds. The van der Waals surface area contributed by atoms with Crippen molar-refractivity contribution >= 4 is 23.1 Å². The van der Waals surface area contributed by atoms with Gasteiger partial charge in [0.2, 0.25) is 5.91 Å². The zero-order valence-electron chi connectivity index (χ0n) is 11.6. The molecule has 0 aliphatic carbocycles. The summed E-state index contributed by atoms with van der Waals surface area (Å²) < 4.78 is 0. The van der Waals surface area contributed by atoms with E-state index in [2.05, 4.69) is 19.2 Å². The number of nitrogens with one attached hydrogen (secondary N) is 1. The first-order chi connectivity index (χ1) is 9.04. The van der Waals surface area contributed by atoms with E-state index in [1.807, 2.05) is 30.3 Å². The number of thiocarbonyl (C=S) groups is 1. The van der Waals surface area contributed by atoms with Crippen LogP contribution in [0.25, 0.3) is 0 Å². The molecule has 0 radical (unpaired) electrons. The van der Waals surface area contributed by atoms with E-state index >= 15 is 0 Å². The molecule has 1 aromatic carbocycles. The minimum Gasteiger partial charge on any atom is -0.393 e. The molecular formula is C15H22N2OS. The van der Waals surface area contributed by atoms with Gasteiger partial charge < -0.3 is 11.1 Å². The lowest BCUT2D eigenvalue weighted by Crippen LogP contribution is -2.40. The zero-order chi connectivity index (χ0) is 14.3. The number of rotatable bonds is 7. The second kappa shape index (κ2) is 7.89. The molecule has 0 aliphatic rings. The average molecular weight is 278 g/mol. The first kappa shape index (κ1) is 15.6. The summed E-state index contributed by atoms with van der Waals surface area (Å²) in [7, 11) is 0. The average Bonchev–Trinajstić information content (AvgIpc) is 2.42. The van der Waals surface area contributed by atoms with Crippen LogP contribution in [0.15, 0.2) is 30.3 Å². The standard InChI is InChI=1S/C15H22N2OS/c1-3-11(2)10-17-15(18)13(14(16)19)9-12-7-5-4-6-8-12/h4-8,11,13H,3,9-10H2,1-2H3,(H2,16,19)(H,17,18). The van der Waals surface area contributed by atoms with Gasteiger partial charge in [-0.1, -0.05) is 62.8 Å². The maximum atomic E-state index is 12.1. The van der Waals surface area contributed by atoms with Crippen molar-refractivity contribution in [3.63, 3.8) is 0 Å². The molecule has 4 heteroatoms. The summed E-state index contributed by atoms with van der Waals surface area (Å²) in [5.41, 5.74) is 6.76. The van der Waals surface area contributed by atoms with Crippen LogP contribution in [0.4, 0.5) is 0 Å². The quantitative estimate of drug-likeness (QED) is 0.752. The van der Waals surface area contributed by atoms with Crippen molar-refractivity contribution in [3.8, 4) is 0 Å². The number of hydrogen-bond donors (Lipinski definition) is 2. The largest absolute Gasteiger partial charge is 0.393 e. The molecule has 0 saturated carbocycles. The molecule has 0 saturated heterocycles. The molecule has 0 aliphatic heterocycles. The highest BCUT2D eigenvalue weighted by atomic mass is 32.1. The SMILES string of the molecule is CCC(C)CNC(=O)C(Cc1ccccc1)C(N)=S. The third kappa shape index (κ3) is 5.39. The fourth-order valence-corrected chi connectivity index (χ4v) is 1.91. The number of hydrogen-bond acceptors (Lipinski definition) is 2. The Balaban J connectivity index is 2.62. The Labute approximate surface area is 120 Å². The van der Waals surface area contributed by atoms with Gasteiger partial charge in [-0.3, -0.25) is 4.79 Å². The number of amides is 1. The number of benzene rings is 1. The molecule has 2 unspecified atom stereocenters. The highest BCUT2D eigenvalue weighted by Crippen LogP contribution is 2.10. The monoisotopic (exact) mass is 278 g/mol. The van der Waals surface area contributed by atoms with Crippen molar-refractivity contribution in [2.75, 3.05) is 6.54 Å². The Morgan fingerprint density at radius 2 is 2.00 bits per heavy atom. The van der Waals surface area contributed by atoms with Crippen molar-refractivity contribution in [1.29, 1.82) is 0 Å². The molecule has 0 fully saturated rings. The molecule has 1 rings (SSSR count). The first-order valence-electron chi connectivity index (χ1n) is 6.65. The van der Waals surface area contributed by atoms with Crippen molar-refractivity contribution in [2.24, 2.45) is 17.6 Å². The minimum absolute atomic E-state index is 0.0725.